The van der Waals surface area contributed by atoms with Gasteiger partial charge in [-0.1, -0.05) is 54.4 Å². The Morgan fingerprint density at radius 2 is 1.90 bits per heavy atom. The third-order valence-electron chi connectivity index (χ3n) is 4.06. The molecular formula is C23H22N2O3S2. The van der Waals surface area contributed by atoms with Gasteiger partial charge in [-0.3, -0.25) is 4.79 Å². The van der Waals surface area contributed by atoms with E-state index >= 15 is 0 Å². The molecule has 0 aliphatic heterocycles. The predicted molar refractivity (Wildman–Crippen MR) is 127 cm³/mol. The van der Waals surface area contributed by atoms with E-state index in [4.69, 9.17) is 4.74 Å². The summed E-state index contributed by atoms with van der Waals surface area (Å²) in [5.74, 6) is -0.767. The van der Waals surface area contributed by atoms with Gasteiger partial charge in [0.15, 0.2) is 0 Å². The van der Waals surface area contributed by atoms with Crippen LogP contribution in [0.3, 0.4) is 0 Å². The molecule has 0 bridgehead atoms. The first-order valence-corrected chi connectivity index (χ1v) is 11.4. The highest BCUT2D eigenvalue weighted by Crippen LogP contribution is 2.36. The molecule has 3 rings (SSSR count). The van der Waals surface area contributed by atoms with Gasteiger partial charge in [0.05, 0.1) is 12.2 Å². The van der Waals surface area contributed by atoms with Crippen LogP contribution in [0.1, 0.15) is 22.8 Å². The van der Waals surface area contributed by atoms with Gasteiger partial charge in [-0.25, -0.2) is 4.79 Å². The SMILES string of the molecule is CCOC(=O)c1cc(-c2ccccc2)sc1NC(=O)/C=C/c1cccc(NSC)c1. The Labute approximate surface area is 184 Å². The summed E-state index contributed by atoms with van der Waals surface area (Å²) in [7, 11) is 0. The smallest absolute Gasteiger partial charge is 0.341 e. The van der Waals surface area contributed by atoms with Gasteiger partial charge in [0.25, 0.3) is 0 Å². The molecule has 30 heavy (non-hydrogen) atoms. The van der Waals surface area contributed by atoms with Gasteiger partial charge in [0.1, 0.15) is 5.00 Å². The van der Waals surface area contributed by atoms with E-state index in [9.17, 15) is 9.59 Å². The number of carbonyl (C=O) groups excluding carboxylic acids is 2. The molecule has 0 aliphatic rings. The molecule has 0 saturated heterocycles. The molecule has 0 unspecified atom stereocenters. The molecule has 0 radical (unpaired) electrons. The van der Waals surface area contributed by atoms with E-state index in [0.29, 0.717) is 10.6 Å². The summed E-state index contributed by atoms with van der Waals surface area (Å²) in [6.07, 6.45) is 5.13. The zero-order valence-electron chi connectivity index (χ0n) is 16.7. The molecule has 1 aromatic heterocycles. The lowest BCUT2D eigenvalue weighted by molar-refractivity contribution is -0.111. The number of carbonyl (C=O) groups is 2. The Morgan fingerprint density at radius 1 is 1.10 bits per heavy atom. The predicted octanol–water partition coefficient (Wildman–Crippen LogP) is 5.93. The summed E-state index contributed by atoms with van der Waals surface area (Å²) < 4.78 is 8.31. The summed E-state index contributed by atoms with van der Waals surface area (Å²) in [5, 5.41) is 3.29. The van der Waals surface area contributed by atoms with E-state index in [1.165, 1.54) is 29.4 Å². The van der Waals surface area contributed by atoms with Gasteiger partial charge < -0.3 is 14.8 Å². The average Bonchev–Trinajstić information content (AvgIpc) is 3.17. The molecule has 0 spiro atoms. The number of anilines is 2. The highest BCUT2D eigenvalue weighted by Gasteiger charge is 2.19. The lowest BCUT2D eigenvalue weighted by Gasteiger charge is -2.04. The van der Waals surface area contributed by atoms with Gasteiger partial charge in [0.2, 0.25) is 5.91 Å². The van der Waals surface area contributed by atoms with Crippen LogP contribution in [0, 0.1) is 0 Å². The number of amides is 1. The third-order valence-corrected chi connectivity index (χ3v) is 5.60. The minimum atomic E-state index is -0.453. The van der Waals surface area contributed by atoms with Gasteiger partial charge in [-0.05, 0) is 42.3 Å². The number of benzene rings is 2. The van der Waals surface area contributed by atoms with Crippen LogP contribution >= 0.6 is 23.3 Å². The lowest BCUT2D eigenvalue weighted by Crippen LogP contribution is -2.11. The minimum absolute atomic E-state index is 0.267. The first kappa shape index (κ1) is 21.7. The molecule has 2 aromatic carbocycles. The molecule has 1 amide bonds. The number of rotatable bonds is 8. The second-order valence-electron chi connectivity index (χ2n) is 6.19. The number of thiophene rings is 1. The van der Waals surface area contributed by atoms with Crippen molar-refractivity contribution in [3.63, 3.8) is 0 Å². The Bertz CT molecular complexity index is 1050. The van der Waals surface area contributed by atoms with Crippen molar-refractivity contribution in [2.24, 2.45) is 0 Å². The molecule has 5 nitrogen and oxygen atoms in total. The fourth-order valence-electron chi connectivity index (χ4n) is 2.74. The third kappa shape index (κ3) is 5.75. The monoisotopic (exact) mass is 438 g/mol. The van der Waals surface area contributed by atoms with Crippen LogP contribution < -0.4 is 10.0 Å². The second kappa shape index (κ2) is 10.7. The average molecular weight is 439 g/mol. The summed E-state index contributed by atoms with van der Waals surface area (Å²) in [5.41, 5.74) is 3.18. The van der Waals surface area contributed by atoms with Crippen molar-refractivity contribution in [3.8, 4) is 10.4 Å². The van der Waals surface area contributed by atoms with Crippen LogP contribution in [-0.4, -0.2) is 24.7 Å². The van der Waals surface area contributed by atoms with Crippen molar-refractivity contribution in [1.29, 1.82) is 0 Å². The van der Waals surface area contributed by atoms with Crippen molar-refractivity contribution >= 4 is 51.9 Å². The molecule has 154 valence electrons. The topological polar surface area (TPSA) is 67.4 Å². The van der Waals surface area contributed by atoms with Crippen LogP contribution in [0.25, 0.3) is 16.5 Å². The zero-order valence-corrected chi connectivity index (χ0v) is 18.3. The second-order valence-corrected chi connectivity index (χ2v) is 7.86. The molecule has 3 aromatic rings. The van der Waals surface area contributed by atoms with Crippen LogP contribution in [-0.2, 0) is 9.53 Å². The van der Waals surface area contributed by atoms with Crippen LogP contribution in [0.15, 0.2) is 66.7 Å². The van der Waals surface area contributed by atoms with E-state index in [0.717, 1.165) is 21.7 Å². The number of esters is 1. The normalized spacial score (nSPS) is 10.7. The summed E-state index contributed by atoms with van der Waals surface area (Å²) >= 11 is 2.85. The minimum Gasteiger partial charge on any atom is -0.462 e. The van der Waals surface area contributed by atoms with E-state index in [1.54, 1.807) is 19.1 Å². The molecular weight excluding hydrogens is 416 g/mol. The van der Waals surface area contributed by atoms with Gasteiger partial charge in [-0.15, -0.1) is 11.3 Å². The Morgan fingerprint density at radius 3 is 2.63 bits per heavy atom. The molecule has 0 fully saturated rings. The van der Waals surface area contributed by atoms with E-state index < -0.39 is 5.97 Å². The maximum absolute atomic E-state index is 12.5. The molecule has 0 aliphatic carbocycles. The van der Waals surface area contributed by atoms with Crippen molar-refractivity contribution in [2.75, 3.05) is 22.9 Å². The number of ether oxygens (including phenoxy) is 1. The first-order valence-electron chi connectivity index (χ1n) is 9.35. The Hall–Kier alpha value is -3.03. The summed E-state index contributed by atoms with van der Waals surface area (Å²) in [4.78, 5) is 25.8. The van der Waals surface area contributed by atoms with Crippen molar-refractivity contribution < 1.29 is 14.3 Å². The molecule has 0 saturated carbocycles. The Kier molecular flexibility index (Phi) is 7.70. The maximum Gasteiger partial charge on any atom is 0.341 e. The van der Waals surface area contributed by atoms with Crippen molar-refractivity contribution in [2.45, 2.75) is 6.92 Å². The molecule has 2 N–H and O–H groups in total. The highest BCUT2D eigenvalue weighted by atomic mass is 32.2. The Balaban J connectivity index is 1.80. The quantitative estimate of drug-likeness (QED) is 0.259. The molecule has 1 heterocycles. The van der Waals surface area contributed by atoms with Gasteiger partial charge in [-0.2, -0.15) is 0 Å². The number of nitrogens with one attached hydrogen (secondary N) is 2. The van der Waals surface area contributed by atoms with Crippen LogP contribution in [0.5, 0.6) is 0 Å². The van der Waals surface area contributed by atoms with Gasteiger partial charge >= 0.3 is 5.97 Å². The van der Waals surface area contributed by atoms with Crippen molar-refractivity contribution in [3.05, 3.63) is 77.9 Å². The standard InChI is InChI=1S/C23H22N2O3S2/c1-3-28-23(27)19-15-20(17-9-5-4-6-10-17)30-22(19)24-21(26)13-12-16-8-7-11-18(14-16)25-29-2/h4-15,25H,3H2,1-2H3,(H,24,26)/b13-12+. The largest absolute Gasteiger partial charge is 0.462 e. The lowest BCUT2D eigenvalue weighted by atomic mass is 10.1. The van der Waals surface area contributed by atoms with Crippen LogP contribution in [0.2, 0.25) is 0 Å². The van der Waals surface area contributed by atoms with E-state index in [2.05, 4.69) is 10.0 Å². The summed E-state index contributed by atoms with van der Waals surface area (Å²) in [6, 6.07) is 19.2. The summed E-state index contributed by atoms with van der Waals surface area (Å²) in [6.45, 7) is 2.02. The first-order chi connectivity index (χ1) is 14.6. The fourth-order valence-corrected chi connectivity index (χ4v) is 4.16. The number of hydrogen-bond acceptors (Lipinski definition) is 6. The van der Waals surface area contributed by atoms with Crippen LogP contribution in [0.4, 0.5) is 10.7 Å². The van der Waals surface area contributed by atoms with E-state index in [-0.39, 0.29) is 12.5 Å². The maximum atomic E-state index is 12.5. The van der Waals surface area contributed by atoms with Crippen molar-refractivity contribution in [1.82, 2.24) is 0 Å². The zero-order chi connectivity index (χ0) is 21.3. The van der Waals surface area contributed by atoms with Gasteiger partial charge in [0, 0.05) is 22.9 Å². The fraction of sp³-hybridized carbons (Fsp3) is 0.130. The highest BCUT2D eigenvalue weighted by molar-refractivity contribution is 7.99. The molecule has 7 heteroatoms. The number of hydrogen-bond donors (Lipinski definition) is 2. The molecule has 0 atom stereocenters. The van der Waals surface area contributed by atoms with E-state index in [1.807, 2.05) is 60.9 Å².